The molecule has 0 unspecified atom stereocenters. The standard InChI is InChI=1S/C11H12Cl2FNO2.ClH/c1-2-17-9(16)5-8(15)10-7(14)4-3-6(12)11(10)13;/h3-4,8H,2,5,15H2,1H3;1H/t8-;/m1./s1. The Morgan fingerprint density at radius 1 is 1.50 bits per heavy atom. The fourth-order valence-corrected chi connectivity index (χ4v) is 1.84. The van der Waals surface area contributed by atoms with Crippen LogP contribution in [0.25, 0.3) is 0 Å². The van der Waals surface area contributed by atoms with Gasteiger partial charge >= 0.3 is 5.97 Å². The number of nitrogens with two attached hydrogens (primary N) is 1. The van der Waals surface area contributed by atoms with Crippen molar-refractivity contribution in [3.8, 4) is 0 Å². The SMILES string of the molecule is CCOC(=O)C[C@@H](N)c1c(F)ccc(Cl)c1Cl.Cl. The molecule has 1 rings (SSSR count). The van der Waals surface area contributed by atoms with E-state index in [4.69, 9.17) is 33.7 Å². The molecule has 0 amide bonds. The van der Waals surface area contributed by atoms with Gasteiger partial charge in [0.1, 0.15) is 5.82 Å². The van der Waals surface area contributed by atoms with Gasteiger partial charge in [0, 0.05) is 11.6 Å². The number of carbonyl (C=O) groups excluding carboxylic acids is 1. The van der Waals surface area contributed by atoms with Crippen LogP contribution in [0.1, 0.15) is 24.9 Å². The highest BCUT2D eigenvalue weighted by Gasteiger charge is 2.20. The van der Waals surface area contributed by atoms with Gasteiger partial charge in [-0.2, -0.15) is 0 Å². The zero-order valence-corrected chi connectivity index (χ0v) is 11.9. The van der Waals surface area contributed by atoms with E-state index >= 15 is 0 Å². The van der Waals surface area contributed by atoms with E-state index in [9.17, 15) is 9.18 Å². The summed E-state index contributed by atoms with van der Waals surface area (Å²) >= 11 is 11.6. The monoisotopic (exact) mass is 315 g/mol. The molecule has 18 heavy (non-hydrogen) atoms. The maximum Gasteiger partial charge on any atom is 0.307 e. The number of carbonyl (C=O) groups is 1. The van der Waals surface area contributed by atoms with Gasteiger partial charge in [0.25, 0.3) is 0 Å². The Kier molecular flexibility index (Phi) is 7.55. The molecule has 1 aromatic rings. The van der Waals surface area contributed by atoms with Crippen LogP contribution >= 0.6 is 35.6 Å². The summed E-state index contributed by atoms with van der Waals surface area (Å²) in [6.07, 6.45) is -0.148. The van der Waals surface area contributed by atoms with Crippen LogP contribution in [-0.2, 0) is 9.53 Å². The molecular formula is C11H13Cl3FNO2. The minimum Gasteiger partial charge on any atom is -0.466 e. The summed E-state index contributed by atoms with van der Waals surface area (Å²) in [5.41, 5.74) is 5.75. The van der Waals surface area contributed by atoms with Crippen molar-refractivity contribution in [2.45, 2.75) is 19.4 Å². The van der Waals surface area contributed by atoms with Crippen molar-refractivity contribution in [2.24, 2.45) is 5.73 Å². The number of rotatable bonds is 4. The largest absolute Gasteiger partial charge is 0.466 e. The number of benzene rings is 1. The molecule has 0 radical (unpaired) electrons. The first kappa shape index (κ1) is 17.4. The summed E-state index contributed by atoms with van der Waals surface area (Å²) in [7, 11) is 0. The van der Waals surface area contributed by atoms with Crippen LogP contribution in [0.5, 0.6) is 0 Å². The van der Waals surface area contributed by atoms with Crippen LogP contribution in [-0.4, -0.2) is 12.6 Å². The maximum absolute atomic E-state index is 13.5. The molecular weight excluding hydrogens is 303 g/mol. The molecule has 0 aliphatic rings. The lowest BCUT2D eigenvalue weighted by Gasteiger charge is -2.14. The quantitative estimate of drug-likeness (QED) is 0.683. The Morgan fingerprint density at radius 2 is 2.11 bits per heavy atom. The van der Waals surface area contributed by atoms with Crippen LogP contribution in [0.15, 0.2) is 12.1 Å². The van der Waals surface area contributed by atoms with Gasteiger partial charge in [-0.15, -0.1) is 12.4 Å². The van der Waals surface area contributed by atoms with E-state index in [1.54, 1.807) is 6.92 Å². The first-order valence-corrected chi connectivity index (χ1v) is 5.77. The second-order valence-corrected chi connectivity index (χ2v) is 4.16. The smallest absolute Gasteiger partial charge is 0.307 e. The third-order valence-corrected chi connectivity index (χ3v) is 2.96. The number of halogens is 4. The van der Waals surface area contributed by atoms with Crippen molar-refractivity contribution in [3.63, 3.8) is 0 Å². The fraction of sp³-hybridized carbons (Fsp3) is 0.364. The summed E-state index contributed by atoms with van der Waals surface area (Å²) < 4.78 is 18.3. The third kappa shape index (κ3) is 4.28. The van der Waals surface area contributed by atoms with E-state index in [0.717, 1.165) is 6.07 Å². The zero-order chi connectivity index (χ0) is 13.0. The summed E-state index contributed by atoms with van der Waals surface area (Å²) in [4.78, 5) is 11.2. The molecule has 0 heterocycles. The molecule has 2 N–H and O–H groups in total. The van der Waals surface area contributed by atoms with Crippen molar-refractivity contribution in [2.75, 3.05) is 6.61 Å². The van der Waals surface area contributed by atoms with E-state index in [0.29, 0.717) is 0 Å². The first-order chi connectivity index (χ1) is 7.97. The summed E-state index contributed by atoms with van der Waals surface area (Å²) in [6, 6.07) is 1.62. The summed E-state index contributed by atoms with van der Waals surface area (Å²) in [5.74, 6) is -1.09. The van der Waals surface area contributed by atoms with E-state index in [1.165, 1.54) is 6.07 Å². The zero-order valence-electron chi connectivity index (χ0n) is 9.58. The minimum atomic E-state index is -0.875. The van der Waals surface area contributed by atoms with Crippen molar-refractivity contribution < 1.29 is 13.9 Å². The molecule has 0 aliphatic heterocycles. The van der Waals surface area contributed by atoms with E-state index in [-0.39, 0.29) is 41.0 Å². The summed E-state index contributed by atoms with van der Waals surface area (Å²) in [5, 5.41) is 0.228. The first-order valence-electron chi connectivity index (χ1n) is 5.02. The van der Waals surface area contributed by atoms with E-state index in [2.05, 4.69) is 0 Å². The Morgan fingerprint density at radius 3 is 2.67 bits per heavy atom. The Labute approximate surface area is 121 Å². The minimum absolute atomic E-state index is 0. The Bertz CT molecular complexity index is 429. The van der Waals surface area contributed by atoms with Crippen LogP contribution in [0.4, 0.5) is 4.39 Å². The topological polar surface area (TPSA) is 52.3 Å². The van der Waals surface area contributed by atoms with E-state index < -0.39 is 17.8 Å². The second kappa shape index (κ2) is 7.79. The van der Waals surface area contributed by atoms with Gasteiger partial charge in [0.15, 0.2) is 0 Å². The van der Waals surface area contributed by atoms with Crippen LogP contribution < -0.4 is 5.73 Å². The van der Waals surface area contributed by atoms with Crippen molar-refractivity contribution in [3.05, 3.63) is 33.6 Å². The predicted molar refractivity (Wildman–Crippen MR) is 71.8 cm³/mol. The number of hydrogen-bond donors (Lipinski definition) is 1. The van der Waals surface area contributed by atoms with Gasteiger partial charge in [-0.3, -0.25) is 4.79 Å². The van der Waals surface area contributed by atoms with Crippen molar-refractivity contribution in [1.29, 1.82) is 0 Å². The highest BCUT2D eigenvalue weighted by atomic mass is 35.5. The predicted octanol–water partition coefficient (Wildman–Crippen LogP) is 3.51. The normalized spacial score (nSPS) is 11.6. The molecule has 0 spiro atoms. The lowest BCUT2D eigenvalue weighted by atomic mass is 10.0. The van der Waals surface area contributed by atoms with Crippen LogP contribution in [0.2, 0.25) is 10.0 Å². The lowest BCUT2D eigenvalue weighted by molar-refractivity contribution is -0.143. The highest BCUT2D eigenvalue weighted by molar-refractivity contribution is 6.42. The van der Waals surface area contributed by atoms with Gasteiger partial charge in [-0.05, 0) is 19.1 Å². The molecule has 1 aromatic carbocycles. The molecule has 0 aliphatic carbocycles. The lowest BCUT2D eigenvalue weighted by Crippen LogP contribution is -2.19. The van der Waals surface area contributed by atoms with Crippen molar-refractivity contribution in [1.82, 2.24) is 0 Å². The van der Waals surface area contributed by atoms with Gasteiger partial charge in [0.05, 0.1) is 23.1 Å². The molecule has 0 bridgehead atoms. The average Bonchev–Trinajstić information content (AvgIpc) is 2.24. The Balaban J connectivity index is 0.00000289. The van der Waals surface area contributed by atoms with E-state index in [1.807, 2.05) is 0 Å². The number of esters is 1. The fourth-order valence-electron chi connectivity index (χ4n) is 1.38. The summed E-state index contributed by atoms with van der Waals surface area (Å²) in [6.45, 7) is 1.92. The second-order valence-electron chi connectivity index (χ2n) is 3.37. The molecule has 102 valence electrons. The van der Waals surface area contributed by atoms with Crippen LogP contribution in [0, 0.1) is 5.82 Å². The van der Waals surface area contributed by atoms with Gasteiger partial charge in [-0.25, -0.2) is 4.39 Å². The molecule has 0 saturated heterocycles. The maximum atomic E-state index is 13.5. The molecule has 3 nitrogen and oxygen atoms in total. The number of hydrogen-bond acceptors (Lipinski definition) is 3. The van der Waals surface area contributed by atoms with Crippen molar-refractivity contribution >= 4 is 41.6 Å². The van der Waals surface area contributed by atoms with Gasteiger partial charge in [-0.1, -0.05) is 23.2 Å². The molecule has 0 aromatic heterocycles. The average molecular weight is 317 g/mol. The molecule has 7 heteroatoms. The molecule has 0 fully saturated rings. The van der Waals surface area contributed by atoms with Crippen LogP contribution in [0.3, 0.4) is 0 Å². The van der Waals surface area contributed by atoms with Gasteiger partial charge in [0.2, 0.25) is 0 Å². The van der Waals surface area contributed by atoms with Gasteiger partial charge < -0.3 is 10.5 Å². The number of ether oxygens (including phenoxy) is 1. The Hall–Kier alpha value is -0.550. The third-order valence-electron chi connectivity index (χ3n) is 2.14. The molecule has 1 atom stereocenters. The highest BCUT2D eigenvalue weighted by Crippen LogP contribution is 2.32. The molecule has 0 saturated carbocycles.